The van der Waals surface area contributed by atoms with E-state index in [-0.39, 0.29) is 6.04 Å². The molecule has 0 bridgehead atoms. The lowest BCUT2D eigenvalue weighted by Crippen LogP contribution is -2.43. The van der Waals surface area contributed by atoms with Gasteiger partial charge in [0.05, 0.1) is 6.07 Å². The number of rotatable bonds is 8. The third-order valence-corrected chi connectivity index (χ3v) is 3.43. The topological polar surface area (TPSA) is 39.1 Å². The Labute approximate surface area is 99.8 Å². The van der Waals surface area contributed by atoms with E-state index in [4.69, 9.17) is 5.26 Å². The Morgan fingerprint density at radius 2 is 2.19 bits per heavy atom. The van der Waals surface area contributed by atoms with Crippen molar-refractivity contribution in [2.75, 3.05) is 26.2 Å². The van der Waals surface area contributed by atoms with E-state index in [0.29, 0.717) is 0 Å². The van der Waals surface area contributed by atoms with E-state index in [2.05, 4.69) is 30.1 Å². The van der Waals surface area contributed by atoms with E-state index in [9.17, 15) is 0 Å². The monoisotopic (exact) mass is 223 g/mol. The van der Waals surface area contributed by atoms with Gasteiger partial charge in [0.1, 0.15) is 6.04 Å². The van der Waals surface area contributed by atoms with Crippen molar-refractivity contribution in [1.82, 2.24) is 10.2 Å². The van der Waals surface area contributed by atoms with Crippen molar-refractivity contribution in [3.63, 3.8) is 0 Å². The lowest BCUT2D eigenvalue weighted by Gasteiger charge is -2.32. The van der Waals surface area contributed by atoms with Crippen LogP contribution in [0.3, 0.4) is 0 Å². The molecule has 0 aromatic heterocycles. The van der Waals surface area contributed by atoms with Crippen LogP contribution in [-0.4, -0.2) is 37.1 Å². The summed E-state index contributed by atoms with van der Waals surface area (Å²) in [6.07, 6.45) is 5.26. The van der Waals surface area contributed by atoms with E-state index >= 15 is 0 Å². The molecule has 92 valence electrons. The fraction of sp³-hybridized carbons (Fsp3) is 0.923. The van der Waals surface area contributed by atoms with Gasteiger partial charge in [-0.15, -0.1) is 0 Å². The maximum Gasteiger partial charge on any atom is 0.108 e. The molecule has 0 heterocycles. The smallest absolute Gasteiger partial charge is 0.108 e. The lowest BCUT2D eigenvalue weighted by atomic mass is 9.85. The Morgan fingerprint density at radius 3 is 2.62 bits per heavy atom. The van der Waals surface area contributed by atoms with Gasteiger partial charge < -0.3 is 10.2 Å². The summed E-state index contributed by atoms with van der Waals surface area (Å²) in [6.45, 7) is 8.38. The molecule has 1 rings (SSSR count). The van der Waals surface area contributed by atoms with E-state index in [1.807, 2.05) is 0 Å². The van der Waals surface area contributed by atoms with Gasteiger partial charge in [0.2, 0.25) is 0 Å². The quantitative estimate of drug-likeness (QED) is 0.684. The van der Waals surface area contributed by atoms with Crippen molar-refractivity contribution >= 4 is 0 Å². The largest absolute Gasteiger partial charge is 0.301 e. The molecule has 1 fully saturated rings. The summed E-state index contributed by atoms with van der Waals surface area (Å²) in [6, 6.07) is 2.36. The lowest BCUT2D eigenvalue weighted by molar-refractivity contribution is 0.177. The zero-order valence-electron chi connectivity index (χ0n) is 10.7. The number of likely N-dealkylation sites (N-methyl/N-ethyl adjacent to an activating group) is 1. The highest BCUT2D eigenvalue weighted by atomic mass is 15.1. The average molecular weight is 223 g/mol. The predicted molar refractivity (Wildman–Crippen MR) is 67.1 cm³/mol. The molecule has 0 radical (unpaired) electrons. The third-order valence-electron chi connectivity index (χ3n) is 3.43. The van der Waals surface area contributed by atoms with Crippen LogP contribution in [0.1, 0.15) is 39.5 Å². The van der Waals surface area contributed by atoms with Gasteiger partial charge in [0, 0.05) is 13.1 Å². The van der Waals surface area contributed by atoms with Gasteiger partial charge in [-0.05, 0) is 38.3 Å². The SMILES string of the molecule is CCCNC(C#N)CN(CC)CC1CCC1. The van der Waals surface area contributed by atoms with E-state index < -0.39 is 0 Å². The van der Waals surface area contributed by atoms with Gasteiger partial charge in [0.15, 0.2) is 0 Å². The van der Waals surface area contributed by atoms with Crippen molar-refractivity contribution in [3.05, 3.63) is 0 Å². The van der Waals surface area contributed by atoms with Gasteiger partial charge in [-0.25, -0.2) is 0 Å². The van der Waals surface area contributed by atoms with Gasteiger partial charge in [-0.1, -0.05) is 20.3 Å². The van der Waals surface area contributed by atoms with Gasteiger partial charge in [0.25, 0.3) is 0 Å². The molecule has 1 atom stereocenters. The second-order valence-electron chi connectivity index (χ2n) is 4.78. The minimum Gasteiger partial charge on any atom is -0.301 e. The molecule has 3 nitrogen and oxygen atoms in total. The summed E-state index contributed by atoms with van der Waals surface area (Å²) in [4.78, 5) is 2.42. The molecule has 0 amide bonds. The zero-order valence-corrected chi connectivity index (χ0v) is 10.7. The molecule has 1 aliphatic carbocycles. The van der Waals surface area contributed by atoms with Crippen LogP contribution in [0.4, 0.5) is 0 Å². The van der Waals surface area contributed by atoms with Crippen molar-refractivity contribution in [2.45, 2.75) is 45.6 Å². The summed E-state index contributed by atoms with van der Waals surface area (Å²) in [5.41, 5.74) is 0. The van der Waals surface area contributed by atoms with Gasteiger partial charge >= 0.3 is 0 Å². The molecule has 0 aromatic carbocycles. The molecule has 1 N–H and O–H groups in total. The molecule has 1 aliphatic rings. The average Bonchev–Trinajstić information content (AvgIpc) is 2.26. The Kier molecular flexibility index (Phi) is 6.44. The second kappa shape index (κ2) is 7.65. The summed E-state index contributed by atoms with van der Waals surface area (Å²) in [5.74, 6) is 0.894. The molecule has 0 saturated heterocycles. The minimum atomic E-state index is -0.0000217. The molecule has 3 heteroatoms. The van der Waals surface area contributed by atoms with E-state index in [1.165, 1.54) is 25.8 Å². The first kappa shape index (κ1) is 13.5. The first-order valence-corrected chi connectivity index (χ1v) is 6.65. The van der Waals surface area contributed by atoms with Crippen LogP contribution in [-0.2, 0) is 0 Å². The molecule has 0 spiro atoms. The molecule has 0 aliphatic heterocycles. The number of nitrogens with zero attached hydrogens (tertiary/aromatic N) is 2. The molecule has 1 unspecified atom stereocenters. The Bertz CT molecular complexity index is 218. The van der Waals surface area contributed by atoms with Crippen LogP contribution in [0.5, 0.6) is 0 Å². The maximum atomic E-state index is 9.06. The Hall–Kier alpha value is -0.590. The predicted octanol–water partition coefficient (Wildman–Crippen LogP) is 2.00. The summed E-state index contributed by atoms with van der Waals surface area (Å²) in [7, 11) is 0. The standard InChI is InChI=1S/C13H25N3/c1-3-8-15-13(9-14)11-16(4-2)10-12-6-5-7-12/h12-13,15H,3-8,10-11H2,1-2H3. The number of hydrogen-bond acceptors (Lipinski definition) is 3. The van der Waals surface area contributed by atoms with Crippen LogP contribution in [0, 0.1) is 17.2 Å². The fourth-order valence-electron chi connectivity index (χ4n) is 2.10. The van der Waals surface area contributed by atoms with E-state index in [1.54, 1.807) is 0 Å². The Morgan fingerprint density at radius 1 is 1.44 bits per heavy atom. The molecule has 16 heavy (non-hydrogen) atoms. The van der Waals surface area contributed by atoms with Crippen LogP contribution in [0.25, 0.3) is 0 Å². The van der Waals surface area contributed by atoms with Crippen LogP contribution < -0.4 is 5.32 Å². The van der Waals surface area contributed by atoms with Crippen molar-refractivity contribution in [2.24, 2.45) is 5.92 Å². The fourth-order valence-corrected chi connectivity index (χ4v) is 2.10. The number of hydrogen-bond donors (Lipinski definition) is 1. The maximum absolute atomic E-state index is 9.06. The Balaban J connectivity index is 2.25. The normalized spacial score (nSPS) is 18.1. The first-order valence-electron chi connectivity index (χ1n) is 6.65. The summed E-state index contributed by atoms with van der Waals surface area (Å²) < 4.78 is 0. The number of nitriles is 1. The second-order valence-corrected chi connectivity index (χ2v) is 4.78. The van der Waals surface area contributed by atoms with Crippen LogP contribution in [0.15, 0.2) is 0 Å². The van der Waals surface area contributed by atoms with Crippen LogP contribution in [0.2, 0.25) is 0 Å². The molecule has 0 aromatic rings. The molecule has 1 saturated carbocycles. The molecular weight excluding hydrogens is 198 g/mol. The van der Waals surface area contributed by atoms with Crippen molar-refractivity contribution in [1.29, 1.82) is 5.26 Å². The van der Waals surface area contributed by atoms with E-state index in [0.717, 1.165) is 32.0 Å². The zero-order chi connectivity index (χ0) is 11.8. The summed E-state index contributed by atoms with van der Waals surface area (Å²) in [5, 5.41) is 12.4. The van der Waals surface area contributed by atoms with Gasteiger partial charge in [-0.3, -0.25) is 0 Å². The van der Waals surface area contributed by atoms with Crippen molar-refractivity contribution < 1.29 is 0 Å². The number of nitrogens with one attached hydrogen (secondary N) is 1. The summed E-state index contributed by atoms with van der Waals surface area (Å²) >= 11 is 0. The van der Waals surface area contributed by atoms with Crippen LogP contribution >= 0.6 is 0 Å². The highest BCUT2D eigenvalue weighted by Crippen LogP contribution is 2.26. The highest BCUT2D eigenvalue weighted by Gasteiger charge is 2.21. The molecular formula is C13H25N3. The minimum absolute atomic E-state index is 0.0000217. The van der Waals surface area contributed by atoms with Crippen molar-refractivity contribution in [3.8, 4) is 6.07 Å². The van der Waals surface area contributed by atoms with Gasteiger partial charge in [-0.2, -0.15) is 5.26 Å². The third kappa shape index (κ3) is 4.51. The highest BCUT2D eigenvalue weighted by molar-refractivity contribution is 4.92. The first-order chi connectivity index (χ1) is 7.80.